The van der Waals surface area contributed by atoms with Gasteiger partial charge in [-0.25, -0.2) is 9.59 Å². The zero-order chi connectivity index (χ0) is 11.2. The third-order valence-electron chi connectivity index (χ3n) is 0.986. The minimum absolute atomic E-state index is 0.0293. The Hall–Kier alpha value is -0.970. The second-order valence-corrected chi connectivity index (χ2v) is 3.82. The summed E-state index contributed by atoms with van der Waals surface area (Å²) in [6.45, 7) is 5.47. The Kier molecular flexibility index (Phi) is 5.30. The molecule has 5 nitrogen and oxygen atoms in total. The highest BCUT2D eigenvalue weighted by Gasteiger charge is 2.15. The van der Waals surface area contributed by atoms with Gasteiger partial charge < -0.3 is 14.8 Å². The number of ether oxygens (including phenoxy) is 2. The molecule has 0 saturated heterocycles. The number of carbonyl (C=O) groups is 2. The van der Waals surface area contributed by atoms with Crippen LogP contribution in [0.5, 0.6) is 0 Å². The van der Waals surface area contributed by atoms with Crippen LogP contribution < -0.4 is 5.32 Å². The van der Waals surface area contributed by atoms with E-state index in [-0.39, 0.29) is 13.2 Å². The van der Waals surface area contributed by atoms with Crippen LogP contribution in [0.25, 0.3) is 0 Å². The summed E-state index contributed by atoms with van der Waals surface area (Å²) in [5.74, 6) is 0. The Morgan fingerprint density at radius 3 is 2.36 bits per heavy atom. The predicted octanol–water partition coefficient (Wildman–Crippen LogP) is 1.89. The number of carbonyl (C=O) groups excluding carboxylic acids is 2. The van der Waals surface area contributed by atoms with Crippen LogP contribution in [0.2, 0.25) is 0 Å². The summed E-state index contributed by atoms with van der Waals surface area (Å²) < 4.78 is 9.30. The predicted molar refractivity (Wildman–Crippen MR) is 51.4 cm³/mol. The van der Waals surface area contributed by atoms with E-state index in [1.165, 1.54) is 0 Å². The monoisotopic (exact) mass is 223 g/mol. The number of halogens is 1. The van der Waals surface area contributed by atoms with Crippen LogP contribution in [0, 0.1) is 0 Å². The highest BCUT2D eigenvalue weighted by atomic mass is 35.5. The van der Waals surface area contributed by atoms with Crippen molar-refractivity contribution in [2.75, 3.05) is 13.2 Å². The Labute approximate surface area is 87.7 Å². The first-order valence-corrected chi connectivity index (χ1v) is 4.48. The molecule has 0 atom stereocenters. The molecule has 0 aliphatic carbocycles. The van der Waals surface area contributed by atoms with Crippen LogP contribution in [0.15, 0.2) is 0 Å². The first-order chi connectivity index (χ1) is 6.31. The molecule has 1 N–H and O–H groups in total. The summed E-state index contributed by atoms with van der Waals surface area (Å²) in [6, 6.07) is 0. The van der Waals surface area contributed by atoms with Gasteiger partial charge in [0.2, 0.25) is 0 Å². The van der Waals surface area contributed by atoms with Crippen molar-refractivity contribution in [3.05, 3.63) is 0 Å². The van der Waals surface area contributed by atoms with Gasteiger partial charge in [-0.3, -0.25) is 0 Å². The minimum atomic E-state index is -0.893. The summed E-state index contributed by atoms with van der Waals surface area (Å²) in [5, 5.41) is 2.40. The van der Waals surface area contributed by atoms with Crippen molar-refractivity contribution in [3.8, 4) is 0 Å². The first kappa shape index (κ1) is 13.0. The van der Waals surface area contributed by atoms with E-state index in [0.29, 0.717) is 0 Å². The molecule has 0 bridgehead atoms. The molecule has 0 heterocycles. The van der Waals surface area contributed by atoms with E-state index in [9.17, 15) is 9.59 Å². The van der Waals surface area contributed by atoms with Crippen molar-refractivity contribution in [1.82, 2.24) is 5.32 Å². The van der Waals surface area contributed by atoms with Crippen LogP contribution >= 0.6 is 11.6 Å². The van der Waals surface area contributed by atoms with E-state index >= 15 is 0 Å². The number of hydrogen-bond donors (Lipinski definition) is 1. The number of amides is 1. The molecule has 0 saturated carbocycles. The fourth-order valence-corrected chi connectivity index (χ4v) is 0.676. The van der Waals surface area contributed by atoms with Crippen molar-refractivity contribution in [2.24, 2.45) is 0 Å². The molecule has 1 amide bonds. The van der Waals surface area contributed by atoms with Gasteiger partial charge in [-0.2, -0.15) is 0 Å². The summed E-state index contributed by atoms with van der Waals surface area (Å²) in [4.78, 5) is 21.1. The van der Waals surface area contributed by atoms with Crippen LogP contribution in [0.4, 0.5) is 9.59 Å². The Balaban J connectivity index is 3.50. The molecule has 0 unspecified atom stereocenters. The lowest BCUT2D eigenvalue weighted by molar-refractivity contribution is 0.0515. The Morgan fingerprint density at radius 1 is 1.36 bits per heavy atom. The molecule has 0 aromatic heterocycles. The zero-order valence-corrected chi connectivity index (χ0v) is 9.18. The first-order valence-electron chi connectivity index (χ1n) is 4.10. The molecule has 6 heteroatoms. The van der Waals surface area contributed by atoms with Crippen LogP contribution in [-0.4, -0.2) is 30.3 Å². The molecule has 82 valence electrons. The molecule has 0 aromatic carbocycles. The topological polar surface area (TPSA) is 64.6 Å². The largest absolute Gasteiger partial charge is 0.452 e. The normalized spacial score (nSPS) is 10.6. The lowest BCUT2D eigenvalue weighted by Gasteiger charge is -2.19. The maximum Gasteiger partial charge on any atom is 0.407 e. The minimum Gasteiger partial charge on any atom is -0.452 e. The Bertz CT molecular complexity index is 212. The van der Waals surface area contributed by atoms with E-state index < -0.39 is 17.1 Å². The van der Waals surface area contributed by atoms with Crippen molar-refractivity contribution in [3.63, 3.8) is 0 Å². The number of rotatable bonds is 3. The molecule has 0 aliphatic rings. The van der Waals surface area contributed by atoms with Gasteiger partial charge in [-0.1, -0.05) is 0 Å². The maximum atomic E-state index is 11.0. The molecular weight excluding hydrogens is 210 g/mol. The summed E-state index contributed by atoms with van der Waals surface area (Å²) in [6.07, 6.45) is -0.553. The average molecular weight is 224 g/mol. The van der Waals surface area contributed by atoms with Gasteiger partial charge in [-0.15, -0.1) is 0 Å². The van der Waals surface area contributed by atoms with Gasteiger partial charge in [-0.05, 0) is 20.8 Å². The summed E-state index contributed by atoms with van der Waals surface area (Å²) in [7, 11) is 0. The molecular formula is C8H14ClNO4. The second kappa shape index (κ2) is 5.70. The molecule has 0 rings (SSSR count). The summed E-state index contributed by atoms with van der Waals surface area (Å²) >= 11 is 4.89. The smallest absolute Gasteiger partial charge is 0.407 e. The lowest BCUT2D eigenvalue weighted by atomic mass is 10.2. The molecule has 14 heavy (non-hydrogen) atoms. The average Bonchev–Trinajstić information content (AvgIpc) is 1.94. The molecule has 0 aromatic rings. The third kappa shape index (κ3) is 9.12. The van der Waals surface area contributed by atoms with Gasteiger partial charge in [0.1, 0.15) is 12.2 Å². The van der Waals surface area contributed by atoms with Crippen molar-refractivity contribution in [1.29, 1.82) is 0 Å². The zero-order valence-electron chi connectivity index (χ0n) is 8.43. The van der Waals surface area contributed by atoms with E-state index in [1.807, 2.05) is 0 Å². The second-order valence-electron chi connectivity index (χ2n) is 3.51. The van der Waals surface area contributed by atoms with Gasteiger partial charge in [0.05, 0.1) is 6.54 Å². The van der Waals surface area contributed by atoms with Crippen molar-refractivity contribution < 1.29 is 19.1 Å². The van der Waals surface area contributed by atoms with E-state index in [2.05, 4.69) is 10.1 Å². The molecule has 0 radical (unpaired) electrons. The lowest BCUT2D eigenvalue weighted by Crippen LogP contribution is -2.34. The highest BCUT2D eigenvalue weighted by molar-refractivity contribution is 6.61. The standard InChI is InChI=1S/C8H14ClNO4/c1-8(2,3)14-7(12)10-4-5-13-6(9)11/h4-5H2,1-3H3,(H,10,12). The highest BCUT2D eigenvalue weighted by Crippen LogP contribution is 2.05. The van der Waals surface area contributed by atoms with Gasteiger partial charge >= 0.3 is 11.5 Å². The third-order valence-corrected chi connectivity index (χ3v) is 1.09. The summed E-state index contributed by atoms with van der Waals surface area (Å²) in [5.41, 5.74) is -1.43. The van der Waals surface area contributed by atoms with Crippen LogP contribution in [0.3, 0.4) is 0 Å². The van der Waals surface area contributed by atoms with E-state index in [0.717, 1.165) is 0 Å². The quantitative estimate of drug-likeness (QED) is 0.586. The fraction of sp³-hybridized carbons (Fsp3) is 0.750. The van der Waals surface area contributed by atoms with Gasteiger partial charge in [0.25, 0.3) is 0 Å². The number of nitrogens with one attached hydrogen (secondary N) is 1. The van der Waals surface area contributed by atoms with Crippen LogP contribution in [-0.2, 0) is 9.47 Å². The van der Waals surface area contributed by atoms with Gasteiger partial charge in [0.15, 0.2) is 0 Å². The number of hydrogen-bond acceptors (Lipinski definition) is 4. The van der Waals surface area contributed by atoms with Crippen molar-refractivity contribution in [2.45, 2.75) is 26.4 Å². The van der Waals surface area contributed by atoms with E-state index in [4.69, 9.17) is 16.3 Å². The van der Waals surface area contributed by atoms with Crippen molar-refractivity contribution >= 4 is 23.1 Å². The fourth-order valence-electron chi connectivity index (χ4n) is 0.599. The van der Waals surface area contributed by atoms with Crippen LogP contribution in [0.1, 0.15) is 20.8 Å². The van der Waals surface area contributed by atoms with Gasteiger partial charge in [0, 0.05) is 11.6 Å². The molecule has 0 aliphatic heterocycles. The number of alkyl carbamates (subject to hydrolysis) is 1. The SMILES string of the molecule is CC(C)(C)OC(=O)NCCOC(=O)Cl. The Morgan fingerprint density at radius 2 is 1.93 bits per heavy atom. The van der Waals surface area contributed by atoms with E-state index in [1.54, 1.807) is 20.8 Å². The molecule has 0 spiro atoms. The maximum absolute atomic E-state index is 11.0. The molecule has 0 fully saturated rings.